The van der Waals surface area contributed by atoms with Gasteiger partial charge in [-0.15, -0.1) is 0 Å². The predicted molar refractivity (Wildman–Crippen MR) is 112 cm³/mol. The summed E-state index contributed by atoms with van der Waals surface area (Å²) in [6.07, 6.45) is 9.66. The van der Waals surface area contributed by atoms with Gasteiger partial charge in [0.05, 0.1) is 5.92 Å². The molecule has 7 nitrogen and oxygen atoms in total. The molecule has 29 heavy (non-hydrogen) atoms. The maximum atomic E-state index is 12.7. The third-order valence-corrected chi connectivity index (χ3v) is 6.06. The van der Waals surface area contributed by atoms with E-state index in [9.17, 15) is 4.79 Å². The van der Waals surface area contributed by atoms with E-state index in [1.807, 2.05) is 31.3 Å². The monoisotopic (exact) mass is 394 g/mol. The number of aromatic nitrogens is 3. The molecule has 2 aromatic rings. The maximum Gasteiger partial charge on any atom is 0.225 e. The van der Waals surface area contributed by atoms with Gasteiger partial charge in [-0.1, -0.05) is 6.07 Å². The number of anilines is 1. The van der Waals surface area contributed by atoms with Gasteiger partial charge in [0, 0.05) is 56.5 Å². The Bertz CT molecular complexity index is 806. The van der Waals surface area contributed by atoms with E-state index in [4.69, 9.17) is 0 Å². The smallest absolute Gasteiger partial charge is 0.225 e. The highest BCUT2D eigenvalue weighted by molar-refractivity contribution is 5.78. The van der Waals surface area contributed by atoms with Crippen LogP contribution < -0.4 is 10.2 Å². The van der Waals surface area contributed by atoms with Crippen LogP contribution in [0.25, 0.3) is 0 Å². The van der Waals surface area contributed by atoms with Crippen LogP contribution in [0.2, 0.25) is 0 Å². The highest BCUT2D eigenvalue weighted by Crippen LogP contribution is 2.25. The van der Waals surface area contributed by atoms with Crippen molar-refractivity contribution in [1.82, 2.24) is 25.2 Å². The van der Waals surface area contributed by atoms with E-state index in [0.717, 1.165) is 69.1 Å². The molecule has 0 saturated carbocycles. The molecule has 2 fully saturated rings. The largest absolute Gasteiger partial charge is 0.352 e. The summed E-state index contributed by atoms with van der Waals surface area (Å²) in [5, 5.41) is 3.10. The van der Waals surface area contributed by atoms with Crippen LogP contribution in [0.15, 0.2) is 36.8 Å². The van der Waals surface area contributed by atoms with E-state index in [1.54, 1.807) is 12.4 Å². The van der Waals surface area contributed by atoms with Gasteiger partial charge >= 0.3 is 0 Å². The number of hydrogen-bond acceptors (Lipinski definition) is 6. The first kappa shape index (κ1) is 19.8. The van der Waals surface area contributed by atoms with Gasteiger partial charge in [-0.05, 0) is 56.8 Å². The van der Waals surface area contributed by atoms with Gasteiger partial charge in [0.25, 0.3) is 0 Å². The molecule has 4 rings (SSSR count). The number of hydrogen-bond donors (Lipinski definition) is 1. The summed E-state index contributed by atoms with van der Waals surface area (Å²) in [5.74, 6) is 1.09. The summed E-state index contributed by atoms with van der Waals surface area (Å²) in [6, 6.07) is 6.37. The van der Waals surface area contributed by atoms with Gasteiger partial charge < -0.3 is 10.2 Å². The minimum absolute atomic E-state index is 0.0820. The molecule has 2 saturated heterocycles. The molecule has 7 heteroatoms. The molecular weight excluding hydrogens is 364 g/mol. The second-order valence-corrected chi connectivity index (χ2v) is 8.13. The molecule has 1 N–H and O–H groups in total. The summed E-state index contributed by atoms with van der Waals surface area (Å²) in [4.78, 5) is 30.6. The maximum absolute atomic E-state index is 12.7. The molecule has 1 amide bonds. The highest BCUT2D eigenvalue weighted by atomic mass is 16.1. The average molecular weight is 395 g/mol. The van der Waals surface area contributed by atoms with Gasteiger partial charge in [0.2, 0.25) is 11.9 Å². The normalized spacial score (nSPS) is 21.1. The molecule has 0 radical (unpaired) electrons. The first-order chi connectivity index (χ1) is 14.2. The fraction of sp³-hybridized carbons (Fsp3) is 0.545. The lowest BCUT2D eigenvalue weighted by Gasteiger charge is -2.42. The van der Waals surface area contributed by atoms with Crippen LogP contribution in [0.3, 0.4) is 0 Å². The summed E-state index contributed by atoms with van der Waals surface area (Å²) in [5.41, 5.74) is 2.05. The lowest BCUT2D eigenvalue weighted by Crippen LogP contribution is -2.51. The fourth-order valence-corrected chi connectivity index (χ4v) is 4.41. The van der Waals surface area contributed by atoms with Crippen LogP contribution in [0.1, 0.15) is 36.9 Å². The van der Waals surface area contributed by atoms with Crippen molar-refractivity contribution in [2.45, 2.75) is 45.2 Å². The molecule has 0 aliphatic carbocycles. The molecule has 2 aliphatic rings. The van der Waals surface area contributed by atoms with E-state index < -0.39 is 0 Å². The summed E-state index contributed by atoms with van der Waals surface area (Å²) < 4.78 is 0. The Morgan fingerprint density at radius 3 is 2.79 bits per heavy atom. The van der Waals surface area contributed by atoms with Crippen molar-refractivity contribution in [2.24, 2.45) is 5.92 Å². The van der Waals surface area contributed by atoms with Crippen LogP contribution >= 0.6 is 0 Å². The molecule has 0 bridgehead atoms. The number of carbonyl (C=O) groups excluding carboxylic acids is 1. The van der Waals surface area contributed by atoms with Gasteiger partial charge in [0.1, 0.15) is 0 Å². The number of nitrogens with zero attached hydrogens (tertiary/aromatic N) is 5. The van der Waals surface area contributed by atoms with Crippen LogP contribution in [-0.4, -0.2) is 58.0 Å². The van der Waals surface area contributed by atoms with Crippen molar-refractivity contribution in [3.05, 3.63) is 48.0 Å². The van der Waals surface area contributed by atoms with Crippen LogP contribution in [0.4, 0.5) is 5.95 Å². The third-order valence-electron chi connectivity index (χ3n) is 6.06. The lowest BCUT2D eigenvalue weighted by atomic mass is 9.93. The van der Waals surface area contributed by atoms with Crippen molar-refractivity contribution in [3.63, 3.8) is 0 Å². The Kier molecular flexibility index (Phi) is 6.34. The number of nitrogens with one attached hydrogen (secondary N) is 1. The molecule has 1 unspecified atom stereocenters. The SMILES string of the molecule is Cc1ccnc(N2CCC(N3CCCC(C(=O)NCc4cccnc4)C3)CC2)n1. The number of pyridine rings is 1. The molecule has 2 aromatic heterocycles. The van der Waals surface area contributed by atoms with Crippen molar-refractivity contribution >= 4 is 11.9 Å². The molecule has 0 spiro atoms. The lowest BCUT2D eigenvalue weighted by molar-refractivity contribution is -0.127. The number of aryl methyl sites for hydroxylation is 1. The van der Waals surface area contributed by atoms with Crippen LogP contribution in [0.5, 0.6) is 0 Å². The van der Waals surface area contributed by atoms with Gasteiger partial charge in [-0.3, -0.25) is 14.7 Å². The zero-order valence-corrected chi connectivity index (χ0v) is 17.1. The quantitative estimate of drug-likeness (QED) is 0.838. The van der Waals surface area contributed by atoms with Crippen molar-refractivity contribution in [1.29, 1.82) is 0 Å². The standard InChI is InChI=1S/C22H30N6O/c1-17-6-10-24-22(26-17)27-12-7-20(8-13-27)28-11-3-5-19(16-28)21(29)25-15-18-4-2-9-23-14-18/h2,4,6,9-10,14,19-20H,3,5,7-8,11-13,15-16H2,1H3,(H,25,29). The predicted octanol–water partition coefficient (Wildman–Crippen LogP) is 2.18. The first-order valence-corrected chi connectivity index (χ1v) is 10.6. The molecule has 0 aromatic carbocycles. The van der Waals surface area contributed by atoms with Gasteiger partial charge in [-0.25, -0.2) is 9.97 Å². The van der Waals surface area contributed by atoms with E-state index in [1.165, 1.54) is 0 Å². The Morgan fingerprint density at radius 2 is 2.03 bits per heavy atom. The van der Waals surface area contributed by atoms with Gasteiger partial charge in [0.15, 0.2) is 0 Å². The minimum atomic E-state index is 0.0820. The number of piperidine rings is 2. The van der Waals surface area contributed by atoms with Crippen LogP contribution in [0, 0.1) is 12.8 Å². The molecule has 1 atom stereocenters. The van der Waals surface area contributed by atoms with E-state index in [-0.39, 0.29) is 11.8 Å². The Morgan fingerprint density at radius 1 is 1.17 bits per heavy atom. The van der Waals surface area contributed by atoms with E-state index >= 15 is 0 Å². The molecular formula is C22H30N6O. The Balaban J connectivity index is 1.27. The second-order valence-electron chi connectivity index (χ2n) is 8.13. The van der Waals surface area contributed by atoms with Gasteiger partial charge in [-0.2, -0.15) is 0 Å². The van der Waals surface area contributed by atoms with Crippen molar-refractivity contribution < 1.29 is 4.79 Å². The van der Waals surface area contributed by atoms with Crippen molar-refractivity contribution in [3.8, 4) is 0 Å². The summed E-state index contributed by atoms with van der Waals surface area (Å²) >= 11 is 0. The zero-order valence-electron chi connectivity index (χ0n) is 17.1. The second kappa shape index (κ2) is 9.31. The Labute approximate surface area is 172 Å². The minimum Gasteiger partial charge on any atom is -0.352 e. The summed E-state index contributed by atoms with van der Waals surface area (Å²) in [7, 11) is 0. The van der Waals surface area contributed by atoms with E-state index in [2.05, 4.69) is 30.1 Å². The third kappa shape index (κ3) is 5.09. The number of carbonyl (C=O) groups is 1. The van der Waals surface area contributed by atoms with Crippen molar-refractivity contribution in [2.75, 3.05) is 31.1 Å². The molecule has 4 heterocycles. The number of rotatable bonds is 5. The zero-order chi connectivity index (χ0) is 20.1. The summed E-state index contributed by atoms with van der Waals surface area (Å²) in [6.45, 7) is 6.47. The topological polar surface area (TPSA) is 74.2 Å². The molecule has 154 valence electrons. The fourth-order valence-electron chi connectivity index (χ4n) is 4.41. The average Bonchev–Trinajstić information content (AvgIpc) is 2.78. The molecule has 2 aliphatic heterocycles. The Hall–Kier alpha value is -2.54. The number of amides is 1. The first-order valence-electron chi connectivity index (χ1n) is 10.6. The highest BCUT2D eigenvalue weighted by Gasteiger charge is 2.32. The number of likely N-dealkylation sites (tertiary alicyclic amines) is 1. The van der Waals surface area contributed by atoms with E-state index in [0.29, 0.717) is 12.6 Å². The van der Waals surface area contributed by atoms with Crippen LogP contribution in [-0.2, 0) is 11.3 Å².